The number of carboxylic acid groups (broad SMARTS) is 1. The maximum Gasteiger partial charge on any atom is 0.337 e. The number of Topliss-reactive ketones (excluding diaryl/α,β-unsaturated/α-hetero) is 1. The molecular weight excluding hydrogens is 657 g/mol. The second-order valence-corrected chi connectivity index (χ2v) is 9.61. The number of carbonyl (C=O) groups is 2. The van der Waals surface area contributed by atoms with Gasteiger partial charge in [0.25, 0.3) is 0 Å². The largest absolute Gasteiger partial charge is 0.478 e. The second kappa shape index (κ2) is 12.9. The van der Waals surface area contributed by atoms with Crippen LogP contribution in [-0.4, -0.2) is 16.9 Å². The third-order valence-corrected chi connectivity index (χ3v) is 6.95. The molecule has 0 radical (unpaired) electrons. The number of unbranched alkanes of at least 4 members (excludes halogenated alkanes) is 8. The summed E-state index contributed by atoms with van der Waals surface area (Å²) < 4.78 is 2.10. The summed E-state index contributed by atoms with van der Waals surface area (Å²) in [6, 6.07) is 1.79. The van der Waals surface area contributed by atoms with Crippen LogP contribution in [0.15, 0.2) is 6.07 Å². The lowest BCUT2D eigenvalue weighted by atomic mass is 10.0. The molecule has 0 spiro atoms. The Hall–Kier alpha value is 0.550. The Labute approximate surface area is 191 Å². The number of aromatic carboxylic acids is 1. The van der Waals surface area contributed by atoms with Crippen molar-refractivity contribution in [1.82, 2.24) is 0 Å². The highest BCUT2D eigenvalue weighted by Gasteiger charge is 2.22. The lowest BCUT2D eigenvalue weighted by Gasteiger charge is -2.11. The Morgan fingerprint density at radius 3 is 1.84 bits per heavy atom. The third-order valence-electron chi connectivity index (χ3n) is 4.17. The predicted octanol–water partition coefficient (Wildman–Crippen LogP) is 7.30. The fraction of sp³-hybridized carbons (Fsp3) is 0.579. The van der Waals surface area contributed by atoms with E-state index in [0.29, 0.717) is 19.1 Å². The Morgan fingerprint density at radius 1 is 0.840 bits per heavy atom. The highest BCUT2D eigenvalue weighted by molar-refractivity contribution is 14.1. The summed E-state index contributed by atoms with van der Waals surface area (Å²) in [5.41, 5.74) is 0.829. The van der Waals surface area contributed by atoms with Crippen molar-refractivity contribution < 1.29 is 14.7 Å². The van der Waals surface area contributed by atoms with Crippen molar-refractivity contribution in [2.45, 2.75) is 71.1 Å². The number of rotatable bonds is 12. The summed E-state index contributed by atoms with van der Waals surface area (Å²) in [6.07, 6.45) is 11.5. The first-order chi connectivity index (χ1) is 11.9. The zero-order valence-electron chi connectivity index (χ0n) is 14.5. The standard InChI is InChI=1S/C19H25I3O3/c1-2-3-4-5-6-7-8-9-10-11-15(23)16-13(20)12-14(21)17(18(16)22)19(24)25/h12H,2-11H2,1H3,(H,24,25). The maximum atomic E-state index is 12.6. The minimum Gasteiger partial charge on any atom is -0.478 e. The Balaban J connectivity index is 2.48. The van der Waals surface area contributed by atoms with Gasteiger partial charge in [-0.15, -0.1) is 0 Å². The molecule has 1 N–H and O–H groups in total. The molecule has 0 aliphatic carbocycles. The number of carbonyl (C=O) groups excluding carboxylic acids is 1. The van der Waals surface area contributed by atoms with Crippen LogP contribution in [0.4, 0.5) is 0 Å². The quantitative estimate of drug-likeness (QED) is 0.143. The van der Waals surface area contributed by atoms with E-state index in [-0.39, 0.29) is 11.3 Å². The van der Waals surface area contributed by atoms with Crippen LogP contribution in [0.1, 0.15) is 91.8 Å². The normalized spacial score (nSPS) is 10.9. The predicted molar refractivity (Wildman–Crippen MR) is 128 cm³/mol. The number of hydrogen-bond donors (Lipinski definition) is 1. The molecule has 0 aliphatic rings. The molecule has 0 saturated heterocycles. The molecule has 0 atom stereocenters. The molecule has 140 valence electrons. The Morgan fingerprint density at radius 2 is 1.32 bits per heavy atom. The zero-order valence-corrected chi connectivity index (χ0v) is 21.0. The van der Waals surface area contributed by atoms with E-state index in [1.807, 2.05) is 45.2 Å². The molecule has 0 saturated carbocycles. The molecule has 3 nitrogen and oxygen atoms in total. The van der Waals surface area contributed by atoms with Gasteiger partial charge in [-0.25, -0.2) is 4.79 Å². The van der Waals surface area contributed by atoms with Crippen LogP contribution >= 0.6 is 67.8 Å². The van der Waals surface area contributed by atoms with Crippen LogP contribution in [0.25, 0.3) is 0 Å². The second-order valence-electron chi connectivity index (χ2n) is 6.21. The lowest BCUT2D eigenvalue weighted by Crippen LogP contribution is -2.12. The Bertz CT molecular complexity index is 600. The van der Waals surface area contributed by atoms with E-state index in [0.717, 1.165) is 16.4 Å². The molecular formula is C19H25I3O3. The van der Waals surface area contributed by atoms with Crippen molar-refractivity contribution in [2.75, 3.05) is 0 Å². The van der Waals surface area contributed by atoms with Crippen LogP contribution in [0, 0.1) is 10.7 Å². The van der Waals surface area contributed by atoms with Gasteiger partial charge in [0.2, 0.25) is 0 Å². The number of carboxylic acids is 1. The van der Waals surface area contributed by atoms with Gasteiger partial charge in [-0.05, 0) is 80.3 Å². The molecule has 0 fully saturated rings. The summed E-state index contributed by atoms with van der Waals surface area (Å²) >= 11 is 6.16. The molecule has 1 rings (SSSR count). The molecule has 25 heavy (non-hydrogen) atoms. The average molecular weight is 682 g/mol. The smallest absolute Gasteiger partial charge is 0.337 e. The Kier molecular flexibility index (Phi) is 12.1. The summed E-state index contributed by atoms with van der Waals surface area (Å²) in [7, 11) is 0. The first-order valence-corrected chi connectivity index (χ1v) is 12.1. The van der Waals surface area contributed by atoms with Gasteiger partial charge in [-0.3, -0.25) is 4.79 Å². The van der Waals surface area contributed by atoms with Crippen molar-refractivity contribution in [2.24, 2.45) is 0 Å². The van der Waals surface area contributed by atoms with Gasteiger partial charge in [0, 0.05) is 22.7 Å². The molecule has 0 bridgehead atoms. The van der Waals surface area contributed by atoms with Gasteiger partial charge in [0.1, 0.15) is 0 Å². The molecule has 6 heteroatoms. The van der Waals surface area contributed by atoms with E-state index >= 15 is 0 Å². The molecule has 1 aromatic rings. The van der Waals surface area contributed by atoms with Crippen LogP contribution < -0.4 is 0 Å². The van der Waals surface area contributed by atoms with Gasteiger partial charge in [-0.2, -0.15) is 0 Å². The number of benzene rings is 1. The van der Waals surface area contributed by atoms with E-state index in [2.05, 4.69) is 29.5 Å². The first-order valence-electron chi connectivity index (χ1n) is 8.84. The van der Waals surface area contributed by atoms with Crippen LogP contribution in [0.3, 0.4) is 0 Å². The van der Waals surface area contributed by atoms with Crippen LogP contribution in [0.5, 0.6) is 0 Å². The molecule has 0 unspecified atom stereocenters. The van der Waals surface area contributed by atoms with Gasteiger partial charge in [0.15, 0.2) is 5.78 Å². The molecule has 1 aromatic carbocycles. The van der Waals surface area contributed by atoms with Crippen molar-refractivity contribution in [3.05, 3.63) is 27.9 Å². The van der Waals surface area contributed by atoms with Crippen molar-refractivity contribution >= 4 is 79.5 Å². The molecule has 0 heterocycles. The van der Waals surface area contributed by atoms with Gasteiger partial charge >= 0.3 is 5.97 Å². The van der Waals surface area contributed by atoms with Gasteiger partial charge in [0.05, 0.1) is 5.56 Å². The lowest BCUT2D eigenvalue weighted by molar-refractivity contribution is 0.0694. The van der Waals surface area contributed by atoms with Crippen LogP contribution in [0.2, 0.25) is 0 Å². The van der Waals surface area contributed by atoms with Crippen molar-refractivity contribution in [1.29, 1.82) is 0 Å². The fourth-order valence-electron chi connectivity index (χ4n) is 2.76. The summed E-state index contributed by atoms with van der Waals surface area (Å²) in [6.45, 7) is 2.23. The highest BCUT2D eigenvalue weighted by Crippen LogP contribution is 2.29. The number of halogens is 3. The molecule has 0 aromatic heterocycles. The minimum absolute atomic E-state index is 0.0654. The SMILES string of the molecule is CCCCCCCCCCCC(=O)c1c(I)cc(I)c(C(=O)O)c1I. The first kappa shape index (κ1) is 23.6. The fourth-order valence-corrected chi connectivity index (χ4v) is 7.20. The summed E-state index contributed by atoms with van der Waals surface area (Å²) in [5, 5.41) is 9.37. The summed E-state index contributed by atoms with van der Waals surface area (Å²) in [5.74, 6) is -0.905. The topological polar surface area (TPSA) is 54.4 Å². The molecule has 0 amide bonds. The highest BCUT2D eigenvalue weighted by atomic mass is 127. The van der Waals surface area contributed by atoms with E-state index in [9.17, 15) is 14.7 Å². The van der Waals surface area contributed by atoms with E-state index in [1.165, 1.54) is 44.9 Å². The monoisotopic (exact) mass is 682 g/mol. The maximum absolute atomic E-state index is 12.6. The van der Waals surface area contributed by atoms with E-state index in [4.69, 9.17) is 0 Å². The van der Waals surface area contributed by atoms with Crippen LogP contribution in [-0.2, 0) is 0 Å². The van der Waals surface area contributed by atoms with Crippen molar-refractivity contribution in [3.63, 3.8) is 0 Å². The zero-order chi connectivity index (χ0) is 18.8. The van der Waals surface area contributed by atoms with E-state index < -0.39 is 5.97 Å². The third kappa shape index (κ3) is 7.98. The van der Waals surface area contributed by atoms with E-state index in [1.54, 1.807) is 6.07 Å². The summed E-state index contributed by atoms with van der Waals surface area (Å²) in [4.78, 5) is 24.0. The number of hydrogen-bond acceptors (Lipinski definition) is 2. The average Bonchev–Trinajstić information content (AvgIpc) is 2.52. The molecule has 0 aliphatic heterocycles. The van der Waals surface area contributed by atoms with Gasteiger partial charge in [-0.1, -0.05) is 58.3 Å². The van der Waals surface area contributed by atoms with Crippen molar-refractivity contribution in [3.8, 4) is 0 Å². The minimum atomic E-state index is -0.970. The number of ketones is 1. The van der Waals surface area contributed by atoms with Gasteiger partial charge < -0.3 is 5.11 Å².